The minimum atomic E-state index is -0.456. The number of benzene rings is 1. The first-order valence-electron chi connectivity index (χ1n) is 5.85. The van der Waals surface area contributed by atoms with E-state index in [4.69, 9.17) is 9.84 Å². The van der Waals surface area contributed by atoms with Gasteiger partial charge in [-0.1, -0.05) is 30.3 Å². The van der Waals surface area contributed by atoms with Crippen LogP contribution in [0.1, 0.15) is 24.9 Å². The number of aliphatic hydroxyl groups is 1. The van der Waals surface area contributed by atoms with E-state index in [1.165, 1.54) is 0 Å². The Balaban J connectivity index is 2.68. The SMILES string of the molecule is CCOC(=O)[C@@H](NCCCO)c1ccccc1. The van der Waals surface area contributed by atoms with Crippen molar-refractivity contribution in [1.82, 2.24) is 5.32 Å². The first kappa shape index (κ1) is 13.7. The summed E-state index contributed by atoms with van der Waals surface area (Å²) >= 11 is 0. The van der Waals surface area contributed by atoms with Gasteiger partial charge < -0.3 is 15.2 Å². The highest BCUT2D eigenvalue weighted by molar-refractivity contribution is 5.77. The Morgan fingerprint density at radius 1 is 1.41 bits per heavy atom. The maximum atomic E-state index is 11.8. The molecule has 0 aliphatic rings. The molecule has 17 heavy (non-hydrogen) atoms. The first-order valence-corrected chi connectivity index (χ1v) is 5.85. The minimum Gasteiger partial charge on any atom is -0.465 e. The van der Waals surface area contributed by atoms with Gasteiger partial charge in [0.2, 0.25) is 0 Å². The van der Waals surface area contributed by atoms with Gasteiger partial charge >= 0.3 is 5.97 Å². The van der Waals surface area contributed by atoms with E-state index < -0.39 is 6.04 Å². The monoisotopic (exact) mass is 237 g/mol. The Labute approximate surface area is 102 Å². The zero-order chi connectivity index (χ0) is 12.5. The van der Waals surface area contributed by atoms with Gasteiger partial charge in [-0.05, 0) is 25.5 Å². The largest absolute Gasteiger partial charge is 0.465 e. The Bertz CT molecular complexity index is 327. The van der Waals surface area contributed by atoms with Crippen molar-refractivity contribution in [2.45, 2.75) is 19.4 Å². The lowest BCUT2D eigenvalue weighted by Crippen LogP contribution is -2.31. The normalized spacial score (nSPS) is 12.1. The molecule has 1 atom stereocenters. The average Bonchev–Trinajstić information content (AvgIpc) is 2.36. The summed E-state index contributed by atoms with van der Waals surface area (Å²) in [6.45, 7) is 2.84. The van der Waals surface area contributed by atoms with Crippen LogP contribution in [0.15, 0.2) is 30.3 Å². The van der Waals surface area contributed by atoms with Crippen LogP contribution in [0.25, 0.3) is 0 Å². The lowest BCUT2D eigenvalue weighted by molar-refractivity contribution is -0.145. The molecule has 94 valence electrons. The third kappa shape index (κ3) is 4.54. The van der Waals surface area contributed by atoms with Gasteiger partial charge in [0.05, 0.1) is 6.61 Å². The fourth-order valence-corrected chi connectivity index (χ4v) is 1.53. The number of ether oxygens (including phenoxy) is 1. The van der Waals surface area contributed by atoms with Crippen molar-refractivity contribution in [3.8, 4) is 0 Å². The number of aliphatic hydroxyl groups excluding tert-OH is 1. The predicted molar refractivity (Wildman–Crippen MR) is 65.5 cm³/mol. The first-order chi connectivity index (χ1) is 8.29. The van der Waals surface area contributed by atoms with E-state index in [2.05, 4.69) is 5.32 Å². The zero-order valence-electron chi connectivity index (χ0n) is 10.1. The molecule has 0 radical (unpaired) electrons. The van der Waals surface area contributed by atoms with Crippen molar-refractivity contribution >= 4 is 5.97 Å². The summed E-state index contributed by atoms with van der Waals surface area (Å²) in [7, 11) is 0. The second-order valence-electron chi connectivity index (χ2n) is 3.63. The van der Waals surface area contributed by atoms with Gasteiger partial charge in [-0.25, -0.2) is 4.79 Å². The standard InChI is InChI=1S/C13H19NO3/c1-2-17-13(16)12(14-9-6-10-15)11-7-4-3-5-8-11/h3-5,7-8,12,14-15H,2,6,9-10H2,1H3/t12-/m0/s1. The van der Waals surface area contributed by atoms with Crippen LogP contribution >= 0.6 is 0 Å². The van der Waals surface area contributed by atoms with Gasteiger partial charge in [-0.3, -0.25) is 0 Å². The Morgan fingerprint density at radius 3 is 2.71 bits per heavy atom. The van der Waals surface area contributed by atoms with Crippen LogP contribution in [-0.4, -0.2) is 30.8 Å². The van der Waals surface area contributed by atoms with Crippen LogP contribution in [0, 0.1) is 0 Å². The highest BCUT2D eigenvalue weighted by Crippen LogP contribution is 2.14. The summed E-state index contributed by atoms with van der Waals surface area (Å²) in [6.07, 6.45) is 0.614. The molecule has 1 aromatic rings. The maximum absolute atomic E-state index is 11.8. The molecular weight excluding hydrogens is 218 g/mol. The Kier molecular flexibility index (Phi) is 6.29. The topological polar surface area (TPSA) is 58.6 Å². The van der Waals surface area contributed by atoms with Crippen LogP contribution in [0.2, 0.25) is 0 Å². The number of hydrogen-bond donors (Lipinski definition) is 2. The summed E-state index contributed by atoms with van der Waals surface area (Å²) in [5, 5.41) is 11.8. The number of carbonyl (C=O) groups excluding carboxylic acids is 1. The summed E-state index contributed by atoms with van der Waals surface area (Å²) in [4.78, 5) is 11.8. The molecule has 1 rings (SSSR count). The molecule has 0 aliphatic heterocycles. The molecule has 0 aliphatic carbocycles. The second-order valence-corrected chi connectivity index (χ2v) is 3.63. The van der Waals surface area contributed by atoms with Crippen molar-refractivity contribution in [2.24, 2.45) is 0 Å². The molecule has 0 amide bonds. The molecule has 0 saturated heterocycles. The van der Waals surface area contributed by atoms with E-state index in [0.29, 0.717) is 19.6 Å². The van der Waals surface area contributed by atoms with Gasteiger partial charge in [0.15, 0.2) is 0 Å². The number of hydrogen-bond acceptors (Lipinski definition) is 4. The molecule has 0 bridgehead atoms. The summed E-state index contributed by atoms with van der Waals surface area (Å²) in [5.74, 6) is -0.281. The molecule has 0 saturated carbocycles. The molecule has 2 N–H and O–H groups in total. The Hall–Kier alpha value is -1.39. The number of nitrogens with one attached hydrogen (secondary N) is 1. The molecule has 4 heteroatoms. The fraction of sp³-hybridized carbons (Fsp3) is 0.462. The predicted octanol–water partition coefficient (Wildman–Crippen LogP) is 1.26. The second kappa shape index (κ2) is 7.81. The van der Waals surface area contributed by atoms with E-state index in [0.717, 1.165) is 5.56 Å². The van der Waals surface area contributed by atoms with Gasteiger partial charge in [-0.15, -0.1) is 0 Å². The zero-order valence-corrected chi connectivity index (χ0v) is 10.1. The highest BCUT2D eigenvalue weighted by Gasteiger charge is 2.20. The summed E-state index contributed by atoms with van der Waals surface area (Å²) in [6, 6.07) is 8.98. The van der Waals surface area contributed by atoms with E-state index in [1.807, 2.05) is 30.3 Å². The molecule has 0 unspecified atom stereocenters. The third-order valence-electron chi connectivity index (χ3n) is 2.34. The summed E-state index contributed by atoms with van der Waals surface area (Å²) < 4.78 is 5.03. The van der Waals surface area contributed by atoms with Gasteiger partial charge in [0.1, 0.15) is 6.04 Å². The van der Waals surface area contributed by atoms with Crippen LogP contribution in [-0.2, 0) is 9.53 Å². The summed E-state index contributed by atoms with van der Waals surface area (Å²) in [5.41, 5.74) is 0.879. The van der Waals surface area contributed by atoms with Gasteiger partial charge in [-0.2, -0.15) is 0 Å². The molecule has 1 aromatic carbocycles. The van der Waals surface area contributed by atoms with E-state index in [9.17, 15) is 4.79 Å². The lowest BCUT2D eigenvalue weighted by Gasteiger charge is -2.17. The molecule has 0 fully saturated rings. The number of carbonyl (C=O) groups is 1. The Morgan fingerprint density at radius 2 is 2.12 bits per heavy atom. The van der Waals surface area contributed by atoms with Crippen molar-refractivity contribution in [3.05, 3.63) is 35.9 Å². The van der Waals surface area contributed by atoms with Crippen LogP contribution < -0.4 is 5.32 Å². The third-order valence-corrected chi connectivity index (χ3v) is 2.34. The van der Waals surface area contributed by atoms with Crippen LogP contribution in [0.4, 0.5) is 0 Å². The van der Waals surface area contributed by atoms with E-state index in [1.54, 1.807) is 6.92 Å². The van der Waals surface area contributed by atoms with Gasteiger partial charge in [0.25, 0.3) is 0 Å². The number of rotatable bonds is 7. The highest BCUT2D eigenvalue weighted by atomic mass is 16.5. The van der Waals surface area contributed by atoms with Crippen LogP contribution in [0.5, 0.6) is 0 Å². The molecule has 4 nitrogen and oxygen atoms in total. The molecule has 0 spiro atoms. The van der Waals surface area contributed by atoms with E-state index >= 15 is 0 Å². The van der Waals surface area contributed by atoms with Gasteiger partial charge in [0, 0.05) is 6.61 Å². The molecular formula is C13H19NO3. The molecule has 0 heterocycles. The molecule has 0 aromatic heterocycles. The van der Waals surface area contributed by atoms with E-state index in [-0.39, 0.29) is 12.6 Å². The van der Waals surface area contributed by atoms with Crippen molar-refractivity contribution in [1.29, 1.82) is 0 Å². The van der Waals surface area contributed by atoms with Crippen LogP contribution in [0.3, 0.4) is 0 Å². The quantitative estimate of drug-likeness (QED) is 0.554. The number of esters is 1. The minimum absolute atomic E-state index is 0.108. The van der Waals surface area contributed by atoms with Crippen molar-refractivity contribution in [3.63, 3.8) is 0 Å². The van der Waals surface area contributed by atoms with Crippen molar-refractivity contribution in [2.75, 3.05) is 19.8 Å². The lowest BCUT2D eigenvalue weighted by atomic mass is 10.1. The fourth-order valence-electron chi connectivity index (χ4n) is 1.53. The van der Waals surface area contributed by atoms with Crippen molar-refractivity contribution < 1.29 is 14.6 Å². The smallest absolute Gasteiger partial charge is 0.327 e. The maximum Gasteiger partial charge on any atom is 0.327 e. The average molecular weight is 237 g/mol.